The zero-order valence-electron chi connectivity index (χ0n) is 30.3. The number of para-hydroxylation sites is 1. The van der Waals surface area contributed by atoms with Crippen molar-refractivity contribution in [2.45, 2.75) is 12.8 Å². The van der Waals surface area contributed by atoms with Crippen molar-refractivity contribution in [1.82, 2.24) is 15.0 Å². The minimum absolute atomic E-state index is 0.621. The first kappa shape index (κ1) is 32.5. The van der Waals surface area contributed by atoms with Gasteiger partial charge in [-0.15, -0.1) is 11.3 Å². The summed E-state index contributed by atoms with van der Waals surface area (Å²) in [7, 11) is 0. The Kier molecular flexibility index (Phi) is 7.78. The Bertz CT molecular complexity index is 3170. The molecule has 0 radical (unpaired) electrons. The lowest BCUT2D eigenvalue weighted by Gasteiger charge is -2.15. The number of furan rings is 1. The molecule has 0 amide bonds. The van der Waals surface area contributed by atoms with Crippen molar-refractivity contribution in [1.29, 1.82) is 0 Å². The Labute approximate surface area is 327 Å². The van der Waals surface area contributed by atoms with Crippen molar-refractivity contribution in [3.8, 4) is 56.2 Å². The summed E-state index contributed by atoms with van der Waals surface area (Å²) in [5, 5.41) is 4.56. The third kappa shape index (κ3) is 5.55. The van der Waals surface area contributed by atoms with Crippen LogP contribution in [0.1, 0.15) is 18.7 Å². The Balaban J connectivity index is 1.17. The lowest BCUT2D eigenvalue weighted by atomic mass is 9.91. The molecule has 0 fully saturated rings. The molecule has 0 aliphatic heterocycles. The van der Waals surface area contributed by atoms with Crippen molar-refractivity contribution >= 4 is 59.0 Å². The number of hydrogen-bond acceptors (Lipinski definition) is 5. The summed E-state index contributed by atoms with van der Waals surface area (Å²) in [5.74, 6) is 1.96. The zero-order chi connectivity index (χ0) is 37.0. The molecule has 264 valence electrons. The SMILES string of the molecule is C1=CCCC(c2nc(-c3ccc(-c4ccccc4)cc3)nc(-c3cc(-c4ccc5c(sc6ccccc65)c4-c4ccccc4)cc4oc5ccccc5c34)n2)=C1. The lowest BCUT2D eigenvalue weighted by molar-refractivity contribution is 0.669. The second-order valence-corrected chi connectivity index (χ2v) is 15.3. The van der Waals surface area contributed by atoms with Crippen LogP contribution in [0.25, 0.3) is 104 Å². The minimum atomic E-state index is 0.621. The summed E-state index contributed by atoms with van der Waals surface area (Å²) in [6.07, 6.45) is 8.25. The van der Waals surface area contributed by atoms with Crippen LogP contribution in [0.3, 0.4) is 0 Å². The van der Waals surface area contributed by atoms with E-state index in [4.69, 9.17) is 19.4 Å². The molecule has 0 saturated carbocycles. The molecule has 3 aromatic heterocycles. The van der Waals surface area contributed by atoms with Crippen molar-refractivity contribution < 1.29 is 4.42 Å². The molecule has 0 atom stereocenters. The quantitative estimate of drug-likeness (QED) is 0.171. The van der Waals surface area contributed by atoms with Crippen molar-refractivity contribution in [3.05, 3.63) is 182 Å². The number of thiophene rings is 1. The fourth-order valence-electron chi connectivity index (χ4n) is 8.11. The van der Waals surface area contributed by atoms with Gasteiger partial charge >= 0.3 is 0 Å². The van der Waals surface area contributed by atoms with Gasteiger partial charge in [-0.05, 0) is 70.5 Å². The molecular weight excluding hydrogens is 703 g/mol. The van der Waals surface area contributed by atoms with Gasteiger partial charge in [0.2, 0.25) is 0 Å². The normalized spacial score (nSPS) is 12.9. The Hall–Kier alpha value is -6.95. The molecule has 1 aliphatic carbocycles. The van der Waals surface area contributed by atoms with Gasteiger partial charge in [0.15, 0.2) is 17.5 Å². The van der Waals surface area contributed by atoms with Crippen LogP contribution in [-0.4, -0.2) is 15.0 Å². The molecule has 10 aromatic rings. The van der Waals surface area contributed by atoms with E-state index in [9.17, 15) is 0 Å². The molecule has 0 bridgehead atoms. The van der Waals surface area contributed by atoms with Gasteiger partial charge in [0.1, 0.15) is 11.2 Å². The largest absolute Gasteiger partial charge is 0.456 e. The summed E-state index contributed by atoms with van der Waals surface area (Å²) >= 11 is 1.85. The van der Waals surface area contributed by atoms with Crippen LogP contribution in [0.15, 0.2) is 180 Å². The molecule has 56 heavy (non-hydrogen) atoms. The van der Waals surface area contributed by atoms with E-state index in [0.29, 0.717) is 17.5 Å². The standard InChI is InChI=1S/C51H33N3OS/c1-4-14-32(15-5-1)33-24-26-36(27-25-33)50-52-49(35-18-8-3-9-19-35)53-51(54-50)42-30-37(31-44-47(42)41-21-10-12-22-43(41)55-44)38-28-29-40-39-20-11-13-23-45(39)56-48(40)46(38)34-16-6-2-7-17-34/h1-8,10-18,20-31H,9,19H2. The number of aromatic nitrogens is 3. The van der Waals surface area contributed by atoms with E-state index >= 15 is 0 Å². The fourth-order valence-corrected chi connectivity index (χ4v) is 9.38. The first-order valence-corrected chi connectivity index (χ1v) is 19.8. The van der Waals surface area contributed by atoms with Crippen LogP contribution >= 0.6 is 11.3 Å². The first-order valence-electron chi connectivity index (χ1n) is 19.0. The van der Waals surface area contributed by atoms with Crippen LogP contribution in [0.4, 0.5) is 0 Å². The number of hydrogen-bond donors (Lipinski definition) is 0. The third-order valence-electron chi connectivity index (χ3n) is 10.8. The van der Waals surface area contributed by atoms with E-state index in [1.165, 1.54) is 36.9 Å². The molecule has 0 unspecified atom stereocenters. The van der Waals surface area contributed by atoms with Gasteiger partial charge in [-0.25, -0.2) is 15.0 Å². The highest BCUT2D eigenvalue weighted by molar-refractivity contribution is 7.26. The summed E-state index contributed by atoms with van der Waals surface area (Å²) < 4.78 is 9.23. The summed E-state index contributed by atoms with van der Waals surface area (Å²) in [4.78, 5) is 15.7. The summed E-state index contributed by atoms with van der Waals surface area (Å²) in [5.41, 5.74) is 11.4. The maximum atomic E-state index is 6.69. The zero-order valence-corrected chi connectivity index (χ0v) is 31.1. The number of allylic oxidation sites excluding steroid dienone is 4. The van der Waals surface area contributed by atoms with E-state index in [2.05, 4.69) is 158 Å². The Morgan fingerprint density at radius 1 is 0.482 bits per heavy atom. The van der Waals surface area contributed by atoms with Crippen LogP contribution in [0, 0.1) is 0 Å². The van der Waals surface area contributed by atoms with Crippen molar-refractivity contribution in [2.24, 2.45) is 0 Å². The molecule has 7 aromatic carbocycles. The molecule has 0 N–H and O–H groups in total. The topological polar surface area (TPSA) is 51.8 Å². The monoisotopic (exact) mass is 735 g/mol. The highest BCUT2D eigenvalue weighted by Crippen LogP contribution is 2.47. The maximum absolute atomic E-state index is 6.69. The van der Waals surface area contributed by atoms with Gasteiger partial charge in [-0.1, -0.05) is 152 Å². The van der Waals surface area contributed by atoms with Gasteiger partial charge in [0.05, 0.1) is 0 Å². The van der Waals surface area contributed by atoms with E-state index in [0.717, 1.165) is 68.2 Å². The fraction of sp³-hybridized carbons (Fsp3) is 0.0392. The molecule has 1 aliphatic rings. The lowest BCUT2D eigenvalue weighted by Crippen LogP contribution is -2.04. The average molecular weight is 736 g/mol. The van der Waals surface area contributed by atoms with Crippen molar-refractivity contribution in [2.75, 3.05) is 0 Å². The smallest absolute Gasteiger partial charge is 0.164 e. The summed E-state index contributed by atoms with van der Waals surface area (Å²) in [6, 6.07) is 55.7. The van der Waals surface area contributed by atoms with Gasteiger partial charge < -0.3 is 4.42 Å². The van der Waals surface area contributed by atoms with Crippen LogP contribution in [-0.2, 0) is 0 Å². The van der Waals surface area contributed by atoms with Crippen LogP contribution in [0.2, 0.25) is 0 Å². The second kappa shape index (κ2) is 13.4. The molecule has 0 spiro atoms. The average Bonchev–Trinajstić information content (AvgIpc) is 3.85. The number of rotatable bonds is 6. The predicted molar refractivity (Wildman–Crippen MR) is 234 cm³/mol. The molecule has 11 rings (SSSR count). The first-order chi connectivity index (χ1) is 27.7. The van der Waals surface area contributed by atoms with Crippen LogP contribution in [0.5, 0.6) is 0 Å². The number of nitrogens with zero attached hydrogens (tertiary/aromatic N) is 3. The Morgan fingerprint density at radius 3 is 1.96 bits per heavy atom. The van der Waals surface area contributed by atoms with Gasteiger partial charge in [-0.3, -0.25) is 0 Å². The highest BCUT2D eigenvalue weighted by atomic mass is 32.1. The Morgan fingerprint density at radius 2 is 1.16 bits per heavy atom. The molecule has 5 heteroatoms. The van der Waals surface area contributed by atoms with Gasteiger partial charge in [-0.2, -0.15) is 0 Å². The van der Waals surface area contributed by atoms with E-state index < -0.39 is 0 Å². The molecule has 4 nitrogen and oxygen atoms in total. The predicted octanol–water partition coefficient (Wildman–Crippen LogP) is 14.2. The van der Waals surface area contributed by atoms with E-state index in [1.807, 2.05) is 29.5 Å². The van der Waals surface area contributed by atoms with Gasteiger partial charge in [0, 0.05) is 47.6 Å². The molecular formula is C51H33N3OS. The number of benzene rings is 7. The summed E-state index contributed by atoms with van der Waals surface area (Å²) in [6.45, 7) is 0. The minimum Gasteiger partial charge on any atom is -0.456 e. The molecule has 0 saturated heterocycles. The second-order valence-electron chi connectivity index (χ2n) is 14.2. The van der Waals surface area contributed by atoms with Crippen molar-refractivity contribution in [3.63, 3.8) is 0 Å². The van der Waals surface area contributed by atoms with Crippen LogP contribution < -0.4 is 0 Å². The number of fused-ring (bicyclic) bond motifs is 6. The van der Waals surface area contributed by atoms with Gasteiger partial charge in [0.25, 0.3) is 0 Å². The molecule has 3 heterocycles. The maximum Gasteiger partial charge on any atom is 0.164 e. The third-order valence-corrected chi connectivity index (χ3v) is 12.0. The van der Waals surface area contributed by atoms with E-state index in [1.54, 1.807) is 0 Å². The van der Waals surface area contributed by atoms with E-state index in [-0.39, 0.29) is 0 Å². The highest BCUT2D eigenvalue weighted by Gasteiger charge is 2.23.